The molecule has 0 atom stereocenters. The van der Waals surface area contributed by atoms with Crippen molar-refractivity contribution in [2.45, 2.75) is 0 Å². The molecule has 2 aromatic carbocycles. The maximum Gasteiger partial charge on any atom is 0.322 e. The van der Waals surface area contributed by atoms with Crippen LogP contribution in [0.4, 0.5) is 17.5 Å². The summed E-state index contributed by atoms with van der Waals surface area (Å²) in [6.45, 7) is -0.225. The molecular formula is C16H13ClN4O2. The minimum absolute atomic E-state index is 0.225. The summed E-state index contributed by atoms with van der Waals surface area (Å²) in [5.41, 5.74) is 1.46. The first-order valence-electron chi connectivity index (χ1n) is 6.87. The number of nitrogens with one attached hydrogen (secondary N) is 2. The zero-order chi connectivity index (χ0) is 16.2. The highest BCUT2D eigenvalue weighted by Crippen LogP contribution is 2.24. The number of aromatic nitrogens is 2. The molecule has 0 fully saturated rings. The van der Waals surface area contributed by atoms with Crippen molar-refractivity contribution in [3.63, 3.8) is 0 Å². The Morgan fingerprint density at radius 1 is 1.13 bits per heavy atom. The van der Waals surface area contributed by atoms with E-state index in [0.29, 0.717) is 22.3 Å². The highest BCUT2D eigenvalue weighted by Gasteiger charge is 2.09. The lowest BCUT2D eigenvalue weighted by molar-refractivity contribution is -0.134. The van der Waals surface area contributed by atoms with Crippen molar-refractivity contribution in [2.75, 3.05) is 17.2 Å². The van der Waals surface area contributed by atoms with Gasteiger partial charge in [0, 0.05) is 16.1 Å². The highest BCUT2D eigenvalue weighted by molar-refractivity contribution is 6.30. The molecule has 1 heterocycles. The van der Waals surface area contributed by atoms with E-state index >= 15 is 0 Å². The molecule has 0 amide bonds. The van der Waals surface area contributed by atoms with Gasteiger partial charge in [0.1, 0.15) is 12.4 Å². The summed E-state index contributed by atoms with van der Waals surface area (Å²) < 4.78 is 0. The molecular weight excluding hydrogens is 316 g/mol. The van der Waals surface area contributed by atoms with E-state index in [1.807, 2.05) is 36.4 Å². The van der Waals surface area contributed by atoms with Gasteiger partial charge in [0.15, 0.2) is 0 Å². The Balaban J connectivity index is 1.98. The number of hydrogen-bond acceptors (Lipinski definition) is 5. The molecule has 0 bridgehead atoms. The molecule has 116 valence electrons. The molecule has 6 nitrogen and oxygen atoms in total. The van der Waals surface area contributed by atoms with Gasteiger partial charge in [0.05, 0.1) is 5.52 Å². The van der Waals surface area contributed by atoms with Crippen molar-refractivity contribution in [2.24, 2.45) is 0 Å². The number of carboxylic acid groups (broad SMARTS) is 1. The van der Waals surface area contributed by atoms with Crippen LogP contribution in [0.1, 0.15) is 0 Å². The van der Waals surface area contributed by atoms with Gasteiger partial charge in [-0.2, -0.15) is 4.98 Å². The van der Waals surface area contributed by atoms with E-state index in [1.165, 1.54) is 0 Å². The maximum atomic E-state index is 10.8. The number of anilines is 3. The van der Waals surface area contributed by atoms with E-state index in [4.69, 9.17) is 16.7 Å². The maximum absolute atomic E-state index is 10.8. The lowest BCUT2D eigenvalue weighted by Crippen LogP contribution is -2.14. The van der Waals surface area contributed by atoms with E-state index in [0.717, 1.165) is 11.1 Å². The Hall–Kier alpha value is -2.86. The third-order valence-corrected chi connectivity index (χ3v) is 3.33. The van der Waals surface area contributed by atoms with Gasteiger partial charge in [-0.15, -0.1) is 0 Å². The van der Waals surface area contributed by atoms with Gasteiger partial charge >= 0.3 is 5.97 Å². The lowest BCUT2D eigenvalue weighted by atomic mass is 10.2. The monoisotopic (exact) mass is 328 g/mol. The molecule has 0 saturated carbocycles. The number of aliphatic carboxylic acids is 1. The SMILES string of the molecule is O=C(O)CNc1nc(Nc2cccc(Cl)c2)nc2ccccc12. The number of nitrogens with zero attached hydrogens (tertiary/aromatic N) is 2. The molecule has 3 rings (SSSR count). The summed E-state index contributed by atoms with van der Waals surface area (Å²) in [5, 5.41) is 16.1. The van der Waals surface area contributed by atoms with Crippen molar-refractivity contribution in [3.05, 3.63) is 53.6 Å². The molecule has 0 aliphatic heterocycles. The number of carbonyl (C=O) groups is 1. The number of rotatable bonds is 5. The topological polar surface area (TPSA) is 87.1 Å². The molecule has 1 aromatic heterocycles. The Kier molecular flexibility index (Phi) is 4.25. The minimum Gasteiger partial charge on any atom is -0.480 e. The average Bonchev–Trinajstić information content (AvgIpc) is 2.52. The van der Waals surface area contributed by atoms with Crippen molar-refractivity contribution < 1.29 is 9.90 Å². The molecule has 0 radical (unpaired) electrons. The second kappa shape index (κ2) is 6.50. The van der Waals surface area contributed by atoms with E-state index in [2.05, 4.69) is 20.6 Å². The second-order valence-corrected chi connectivity index (χ2v) is 5.23. The van der Waals surface area contributed by atoms with Crippen LogP contribution in [0.25, 0.3) is 10.9 Å². The number of fused-ring (bicyclic) bond motifs is 1. The van der Waals surface area contributed by atoms with E-state index in [-0.39, 0.29) is 6.54 Å². The third kappa shape index (κ3) is 3.67. The van der Waals surface area contributed by atoms with Gasteiger partial charge in [-0.05, 0) is 30.3 Å². The number of benzene rings is 2. The van der Waals surface area contributed by atoms with Crippen LogP contribution in [0, 0.1) is 0 Å². The van der Waals surface area contributed by atoms with Gasteiger partial charge in [0.25, 0.3) is 0 Å². The standard InChI is InChI=1S/C16H13ClN4O2/c17-10-4-3-5-11(8-10)19-16-20-13-7-2-1-6-12(13)15(21-16)18-9-14(22)23/h1-8H,9H2,(H,22,23)(H2,18,19,20,21). The Morgan fingerprint density at radius 2 is 1.96 bits per heavy atom. The highest BCUT2D eigenvalue weighted by atomic mass is 35.5. The third-order valence-electron chi connectivity index (χ3n) is 3.09. The fourth-order valence-corrected chi connectivity index (χ4v) is 2.31. The number of halogens is 1. The number of hydrogen-bond donors (Lipinski definition) is 3. The molecule has 7 heteroatoms. The van der Waals surface area contributed by atoms with Crippen LogP contribution in [0.3, 0.4) is 0 Å². The van der Waals surface area contributed by atoms with Crippen LogP contribution in [0.15, 0.2) is 48.5 Å². The molecule has 0 spiro atoms. The fourth-order valence-electron chi connectivity index (χ4n) is 2.12. The van der Waals surface area contributed by atoms with Crippen molar-refractivity contribution in [3.8, 4) is 0 Å². The Bertz CT molecular complexity index is 870. The Labute approximate surface area is 137 Å². The van der Waals surface area contributed by atoms with Crippen LogP contribution in [0.5, 0.6) is 0 Å². The van der Waals surface area contributed by atoms with E-state index in [1.54, 1.807) is 12.1 Å². The van der Waals surface area contributed by atoms with Crippen molar-refractivity contribution in [1.82, 2.24) is 9.97 Å². The predicted octanol–water partition coefficient (Wildman–Crippen LogP) is 3.52. The van der Waals surface area contributed by atoms with Crippen LogP contribution < -0.4 is 10.6 Å². The zero-order valence-corrected chi connectivity index (χ0v) is 12.7. The zero-order valence-electron chi connectivity index (χ0n) is 12.0. The van der Waals surface area contributed by atoms with Gasteiger partial charge in [-0.25, -0.2) is 4.98 Å². The largest absolute Gasteiger partial charge is 0.480 e. The molecule has 3 aromatic rings. The molecule has 3 N–H and O–H groups in total. The van der Waals surface area contributed by atoms with Crippen LogP contribution in [-0.2, 0) is 4.79 Å². The summed E-state index contributed by atoms with van der Waals surface area (Å²) in [5.74, 6) is -0.140. The van der Waals surface area contributed by atoms with Crippen LogP contribution in [0.2, 0.25) is 5.02 Å². The van der Waals surface area contributed by atoms with Gasteiger partial charge in [-0.1, -0.05) is 29.8 Å². The first-order chi connectivity index (χ1) is 11.1. The quantitative estimate of drug-likeness (QED) is 0.664. The second-order valence-electron chi connectivity index (χ2n) is 4.80. The van der Waals surface area contributed by atoms with Gasteiger partial charge in [-0.3, -0.25) is 4.79 Å². The fraction of sp³-hybridized carbons (Fsp3) is 0.0625. The normalized spacial score (nSPS) is 10.5. The van der Waals surface area contributed by atoms with Crippen LogP contribution in [-0.4, -0.2) is 27.6 Å². The van der Waals surface area contributed by atoms with Gasteiger partial charge in [0.2, 0.25) is 5.95 Å². The smallest absolute Gasteiger partial charge is 0.322 e. The lowest BCUT2D eigenvalue weighted by Gasteiger charge is -2.11. The van der Waals surface area contributed by atoms with Gasteiger partial charge < -0.3 is 15.7 Å². The number of para-hydroxylation sites is 1. The molecule has 23 heavy (non-hydrogen) atoms. The minimum atomic E-state index is -0.961. The van der Waals surface area contributed by atoms with E-state index < -0.39 is 5.97 Å². The van der Waals surface area contributed by atoms with Crippen molar-refractivity contribution in [1.29, 1.82) is 0 Å². The molecule has 0 unspecified atom stereocenters. The van der Waals surface area contributed by atoms with Crippen LogP contribution >= 0.6 is 11.6 Å². The predicted molar refractivity (Wildman–Crippen MR) is 90.4 cm³/mol. The average molecular weight is 329 g/mol. The summed E-state index contributed by atoms with van der Waals surface area (Å²) in [7, 11) is 0. The number of carboxylic acids is 1. The summed E-state index contributed by atoms with van der Waals surface area (Å²) >= 11 is 5.96. The first-order valence-corrected chi connectivity index (χ1v) is 7.24. The van der Waals surface area contributed by atoms with E-state index in [9.17, 15) is 4.79 Å². The first kappa shape index (κ1) is 15.1. The summed E-state index contributed by atoms with van der Waals surface area (Å²) in [6, 6.07) is 14.6. The Morgan fingerprint density at radius 3 is 2.74 bits per heavy atom. The molecule has 0 aliphatic carbocycles. The summed E-state index contributed by atoms with van der Waals surface area (Å²) in [4.78, 5) is 19.6. The molecule has 0 saturated heterocycles. The summed E-state index contributed by atoms with van der Waals surface area (Å²) in [6.07, 6.45) is 0. The van der Waals surface area contributed by atoms with Crippen molar-refractivity contribution >= 4 is 45.9 Å². The molecule has 0 aliphatic rings.